The Morgan fingerprint density at radius 3 is 2.24 bits per heavy atom. The number of carbonyl (C=O) groups is 1. The molecule has 9 heteroatoms. The summed E-state index contributed by atoms with van der Waals surface area (Å²) in [6.45, 7) is 7.34. The van der Waals surface area contributed by atoms with Crippen molar-refractivity contribution in [1.29, 1.82) is 0 Å². The van der Waals surface area contributed by atoms with Crippen LogP contribution in [0.25, 0.3) is 5.69 Å². The number of ether oxygens (including phenoxy) is 1. The quantitative estimate of drug-likeness (QED) is 0.257. The fourth-order valence-electron chi connectivity index (χ4n) is 3.54. The number of hydrogen-bond acceptors (Lipinski definition) is 5. The van der Waals surface area contributed by atoms with E-state index in [1.807, 2.05) is 54.6 Å². The third-order valence-electron chi connectivity index (χ3n) is 5.64. The van der Waals surface area contributed by atoms with Crippen molar-refractivity contribution in [3.63, 3.8) is 0 Å². The van der Waals surface area contributed by atoms with Crippen LogP contribution in [0.15, 0.2) is 73.1 Å². The molecule has 1 aromatic heterocycles. The van der Waals surface area contributed by atoms with Crippen molar-refractivity contribution in [3.05, 3.63) is 94.5 Å². The maximum Gasteiger partial charge on any atom is 0.293 e. The number of benzene rings is 3. The van der Waals surface area contributed by atoms with Gasteiger partial charge in [0, 0.05) is 13.1 Å². The second-order valence-electron chi connectivity index (χ2n) is 9.87. The van der Waals surface area contributed by atoms with E-state index in [1.54, 1.807) is 4.90 Å². The van der Waals surface area contributed by atoms with Gasteiger partial charge in [0.25, 0.3) is 5.91 Å². The highest BCUT2D eigenvalue weighted by Gasteiger charge is 2.23. The van der Waals surface area contributed by atoms with Crippen LogP contribution in [0.3, 0.4) is 0 Å². The van der Waals surface area contributed by atoms with Crippen molar-refractivity contribution in [2.45, 2.75) is 33.7 Å². The van der Waals surface area contributed by atoms with E-state index in [2.05, 4.69) is 30.9 Å². The molecule has 0 fully saturated rings. The molecule has 0 aliphatic heterocycles. The summed E-state index contributed by atoms with van der Waals surface area (Å²) in [4.78, 5) is 19.5. The molecule has 0 spiro atoms. The molecule has 1 amide bonds. The van der Waals surface area contributed by atoms with E-state index in [0.29, 0.717) is 24.5 Å². The summed E-state index contributed by atoms with van der Waals surface area (Å²) in [5.74, 6) is 1.03. The predicted octanol–water partition coefficient (Wildman–Crippen LogP) is 7.15. The van der Waals surface area contributed by atoms with Crippen LogP contribution in [0.5, 0.6) is 17.2 Å². The molecule has 192 valence electrons. The van der Waals surface area contributed by atoms with Gasteiger partial charge in [-0.3, -0.25) is 4.79 Å². The van der Waals surface area contributed by atoms with Gasteiger partial charge in [-0.25, -0.2) is 9.67 Å². The zero-order chi connectivity index (χ0) is 26.6. The van der Waals surface area contributed by atoms with Crippen LogP contribution < -0.4 is 4.74 Å². The van der Waals surface area contributed by atoms with Crippen molar-refractivity contribution in [1.82, 2.24) is 19.7 Å². The summed E-state index contributed by atoms with van der Waals surface area (Å²) >= 11 is 12.1. The number of phenols is 1. The standard InChI is InChI=1S/C28H28Cl2N4O3/c1-28(2,3)13-14-33(17-19-9-11-22(12-10-19)37-21-7-5-4-6-8-21)27(36)26-31-18-34(32-26)20-15-23(29)25(35)24(30)16-20/h4-12,15-16,18,35H,13-14,17H2,1-3H3. The largest absolute Gasteiger partial charge is 0.505 e. The smallest absolute Gasteiger partial charge is 0.293 e. The average Bonchev–Trinajstić information content (AvgIpc) is 3.36. The summed E-state index contributed by atoms with van der Waals surface area (Å²) in [6, 6.07) is 20.2. The lowest BCUT2D eigenvalue weighted by atomic mass is 9.92. The van der Waals surface area contributed by atoms with Gasteiger partial charge in [-0.15, -0.1) is 5.10 Å². The van der Waals surface area contributed by atoms with Crippen LogP contribution in [0.1, 0.15) is 43.4 Å². The fourth-order valence-corrected chi connectivity index (χ4v) is 4.02. The number of halogens is 2. The average molecular weight is 539 g/mol. The molecule has 0 aliphatic carbocycles. The first-order valence-corrected chi connectivity index (χ1v) is 12.6. The Hall–Kier alpha value is -3.55. The molecule has 0 radical (unpaired) electrons. The molecule has 4 aromatic rings. The third kappa shape index (κ3) is 7.02. The highest BCUT2D eigenvalue weighted by Crippen LogP contribution is 2.33. The maximum atomic E-state index is 13.5. The number of rotatable bonds is 8. The second kappa shape index (κ2) is 11.2. The van der Waals surface area contributed by atoms with Crippen molar-refractivity contribution in [2.24, 2.45) is 5.41 Å². The molecule has 1 N–H and O–H groups in total. The summed E-state index contributed by atoms with van der Waals surface area (Å²) in [5, 5.41) is 14.3. The van der Waals surface area contributed by atoms with Crippen LogP contribution in [0.2, 0.25) is 10.0 Å². The van der Waals surface area contributed by atoms with Gasteiger partial charge in [0.2, 0.25) is 5.82 Å². The number of hydrogen-bond donors (Lipinski definition) is 1. The van der Waals surface area contributed by atoms with Gasteiger partial charge in [-0.2, -0.15) is 0 Å². The van der Waals surface area contributed by atoms with Crippen LogP contribution in [-0.2, 0) is 6.54 Å². The third-order valence-corrected chi connectivity index (χ3v) is 6.22. The Morgan fingerprint density at radius 1 is 1.00 bits per heavy atom. The monoisotopic (exact) mass is 538 g/mol. The van der Waals surface area contributed by atoms with Gasteiger partial charge in [0.05, 0.1) is 15.7 Å². The van der Waals surface area contributed by atoms with E-state index in [9.17, 15) is 9.90 Å². The number of carbonyl (C=O) groups excluding carboxylic acids is 1. The van der Waals surface area contributed by atoms with Crippen molar-refractivity contribution in [2.75, 3.05) is 6.54 Å². The van der Waals surface area contributed by atoms with E-state index in [1.165, 1.54) is 23.1 Å². The maximum absolute atomic E-state index is 13.5. The number of aromatic hydroxyl groups is 1. The Labute approximate surface area is 226 Å². The number of nitrogens with zero attached hydrogens (tertiary/aromatic N) is 4. The molecule has 0 atom stereocenters. The lowest BCUT2D eigenvalue weighted by molar-refractivity contribution is 0.0712. The molecule has 0 saturated carbocycles. The van der Waals surface area contributed by atoms with Crippen LogP contribution >= 0.6 is 23.2 Å². The lowest BCUT2D eigenvalue weighted by Crippen LogP contribution is -2.34. The number of amides is 1. The summed E-state index contributed by atoms with van der Waals surface area (Å²) in [6.07, 6.45) is 2.22. The first kappa shape index (κ1) is 26.5. The predicted molar refractivity (Wildman–Crippen MR) is 145 cm³/mol. The minimum absolute atomic E-state index is 0.0399. The Morgan fingerprint density at radius 2 is 1.62 bits per heavy atom. The van der Waals surface area contributed by atoms with E-state index < -0.39 is 0 Å². The van der Waals surface area contributed by atoms with Crippen molar-refractivity contribution in [3.8, 4) is 22.9 Å². The van der Waals surface area contributed by atoms with Gasteiger partial charge < -0.3 is 14.7 Å². The number of para-hydroxylation sites is 1. The summed E-state index contributed by atoms with van der Waals surface area (Å²) in [7, 11) is 0. The summed E-state index contributed by atoms with van der Waals surface area (Å²) in [5.41, 5.74) is 1.48. The van der Waals surface area contributed by atoms with E-state index in [-0.39, 0.29) is 32.9 Å². The molecule has 4 rings (SSSR count). The van der Waals surface area contributed by atoms with Gasteiger partial charge in [0.1, 0.15) is 17.8 Å². The van der Waals surface area contributed by atoms with Crippen LogP contribution in [0.4, 0.5) is 0 Å². The SMILES string of the molecule is CC(C)(C)CCN(Cc1ccc(Oc2ccccc2)cc1)C(=O)c1ncn(-c2cc(Cl)c(O)c(Cl)c2)n1. The molecular formula is C28H28Cl2N4O3. The Balaban J connectivity index is 1.52. The zero-order valence-corrected chi connectivity index (χ0v) is 22.4. The van der Waals surface area contributed by atoms with Gasteiger partial charge in [-0.05, 0) is 53.8 Å². The molecule has 0 bridgehead atoms. The molecule has 0 unspecified atom stereocenters. The molecule has 7 nitrogen and oxygen atoms in total. The fraction of sp³-hybridized carbons (Fsp3) is 0.250. The van der Waals surface area contributed by atoms with Crippen LogP contribution in [0, 0.1) is 5.41 Å². The number of aromatic nitrogens is 3. The normalized spacial score (nSPS) is 11.4. The minimum atomic E-state index is -0.288. The minimum Gasteiger partial charge on any atom is -0.505 e. The Kier molecular flexibility index (Phi) is 8.05. The highest BCUT2D eigenvalue weighted by atomic mass is 35.5. The summed E-state index contributed by atoms with van der Waals surface area (Å²) < 4.78 is 7.28. The second-order valence-corrected chi connectivity index (χ2v) is 10.7. The molecule has 0 aliphatic rings. The van der Waals surface area contributed by atoms with E-state index >= 15 is 0 Å². The molecule has 1 heterocycles. The lowest BCUT2D eigenvalue weighted by Gasteiger charge is -2.26. The zero-order valence-electron chi connectivity index (χ0n) is 20.9. The van der Waals surface area contributed by atoms with Gasteiger partial charge in [0.15, 0.2) is 5.75 Å². The first-order valence-electron chi connectivity index (χ1n) is 11.8. The topological polar surface area (TPSA) is 80.5 Å². The molecule has 3 aromatic carbocycles. The van der Waals surface area contributed by atoms with E-state index in [4.69, 9.17) is 27.9 Å². The molecule has 0 saturated heterocycles. The van der Waals surface area contributed by atoms with Crippen molar-refractivity contribution >= 4 is 29.1 Å². The number of phenolic OH excluding ortho intramolecular Hbond substituents is 1. The van der Waals surface area contributed by atoms with E-state index in [0.717, 1.165) is 17.7 Å². The molecule has 37 heavy (non-hydrogen) atoms. The first-order chi connectivity index (χ1) is 17.6. The Bertz CT molecular complexity index is 1340. The van der Waals surface area contributed by atoms with Crippen LogP contribution in [-0.4, -0.2) is 37.2 Å². The van der Waals surface area contributed by atoms with Gasteiger partial charge in [-0.1, -0.05) is 74.3 Å². The van der Waals surface area contributed by atoms with Crippen molar-refractivity contribution < 1.29 is 14.6 Å². The molecular weight excluding hydrogens is 511 g/mol. The van der Waals surface area contributed by atoms with Gasteiger partial charge >= 0.3 is 0 Å². The highest BCUT2D eigenvalue weighted by molar-refractivity contribution is 6.37.